The number of benzene rings is 1. The molecule has 25 heavy (non-hydrogen) atoms. The van der Waals surface area contributed by atoms with Crippen LogP contribution in [0.4, 0.5) is 11.5 Å². The van der Waals surface area contributed by atoms with Crippen molar-refractivity contribution < 1.29 is 14.8 Å². The van der Waals surface area contributed by atoms with E-state index >= 15 is 0 Å². The summed E-state index contributed by atoms with van der Waals surface area (Å²) in [6.45, 7) is 5.86. The van der Waals surface area contributed by atoms with Crippen LogP contribution in [0.25, 0.3) is 5.69 Å². The molecule has 1 aromatic carbocycles. The summed E-state index contributed by atoms with van der Waals surface area (Å²) in [6.07, 6.45) is 0. The summed E-state index contributed by atoms with van der Waals surface area (Å²) in [5.41, 5.74) is -0.256. The average molecular weight is 346 g/mol. The molecule has 0 amide bonds. The van der Waals surface area contributed by atoms with Crippen LogP contribution < -0.4 is 4.90 Å². The molecule has 132 valence electrons. The van der Waals surface area contributed by atoms with Gasteiger partial charge in [0, 0.05) is 32.2 Å². The van der Waals surface area contributed by atoms with Gasteiger partial charge in [0.15, 0.2) is 11.5 Å². The number of carboxylic acids is 1. The van der Waals surface area contributed by atoms with Gasteiger partial charge in [-0.25, -0.2) is 4.79 Å². The van der Waals surface area contributed by atoms with Gasteiger partial charge in [-0.3, -0.25) is 10.1 Å². The number of para-hydroxylation sites is 2. The fourth-order valence-electron chi connectivity index (χ4n) is 2.82. The number of likely N-dealkylation sites (N-methyl/N-ethyl adjacent to an activating group) is 1. The molecule has 0 aliphatic carbocycles. The van der Waals surface area contributed by atoms with E-state index in [4.69, 9.17) is 0 Å². The highest BCUT2D eigenvalue weighted by atomic mass is 16.6. The molecule has 1 N–H and O–H groups in total. The minimum atomic E-state index is -1.21. The first-order valence-electron chi connectivity index (χ1n) is 7.93. The first-order chi connectivity index (χ1) is 12.0. The Morgan fingerprint density at radius 2 is 1.92 bits per heavy atom. The zero-order valence-corrected chi connectivity index (χ0v) is 13.7. The van der Waals surface area contributed by atoms with Gasteiger partial charge >= 0.3 is 5.97 Å². The zero-order chi connectivity index (χ0) is 18.0. The van der Waals surface area contributed by atoms with Gasteiger partial charge in [0.05, 0.1) is 4.92 Å². The number of hydrogen-bond acceptors (Lipinski definition) is 7. The summed E-state index contributed by atoms with van der Waals surface area (Å²) < 4.78 is 0. The van der Waals surface area contributed by atoms with Gasteiger partial charge in [-0.15, -0.1) is 15.0 Å². The number of carboxylic acid groups (broad SMARTS) is 1. The standard InChI is InChI=1S/C15H18N6O4/c1-2-18-7-9-19(10-8-18)14-13(15(22)23)16-20(17-14)11-5-3-4-6-12(11)21(24)25/h3-6H,2,7-10H2,1H3,(H,22,23). The highest BCUT2D eigenvalue weighted by Gasteiger charge is 2.27. The summed E-state index contributed by atoms with van der Waals surface area (Å²) in [7, 11) is 0. The molecule has 0 spiro atoms. The first-order valence-corrected chi connectivity index (χ1v) is 7.93. The van der Waals surface area contributed by atoms with E-state index in [1.165, 1.54) is 18.2 Å². The number of hydrogen-bond donors (Lipinski definition) is 1. The molecule has 0 bridgehead atoms. The molecule has 1 aliphatic rings. The summed E-state index contributed by atoms with van der Waals surface area (Å²) in [4.78, 5) is 27.4. The van der Waals surface area contributed by atoms with Crippen molar-refractivity contribution in [2.24, 2.45) is 0 Å². The second-order valence-electron chi connectivity index (χ2n) is 5.63. The average Bonchev–Trinajstić information content (AvgIpc) is 3.07. The molecular formula is C15H18N6O4. The third-order valence-corrected chi connectivity index (χ3v) is 4.21. The van der Waals surface area contributed by atoms with Crippen molar-refractivity contribution in [2.75, 3.05) is 37.6 Å². The summed E-state index contributed by atoms with van der Waals surface area (Å²) in [5.74, 6) is -0.973. The van der Waals surface area contributed by atoms with Crippen molar-refractivity contribution in [1.82, 2.24) is 19.9 Å². The summed E-state index contributed by atoms with van der Waals surface area (Å²) in [6, 6.07) is 5.97. The molecular weight excluding hydrogens is 328 g/mol. The molecule has 3 rings (SSSR count). The van der Waals surface area contributed by atoms with Crippen LogP contribution in [0.1, 0.15) is 17.4 Å². The van der Waals surface area contributed by atoms with E-state index in [0.717, 1.165) is 24.4 Å². The molecule has 1 saturated heterocycles. The van der Waals surface area contributed by atoms with Crippen LogP contribution >= 0.6 is 0 Å². The number of aromatic nitrogens is 3. The van der Waals surface area contributed by atoms with E-state index in [-0.39, 0.29) is 22.9 Å². The highest BCUT2D eigenvalue weighted by molar-refractivity contribution is 5.91. The van der Waals surface area contributed by atoms with Crippen molar-refractivity contribution in [3.63, 3.8) is 0 Å². The molecule has 10 nitrogen and oxygen atoms in total. The third kappa shape index (κ3) is 3.29. The Bertz CT molecular complexity index is 797. The maximum Gasteiger partial charge on any atom is 0.360 e. The maximum atomic E-state index is 11.6. The molecule has 1 aromatic heterocycles. The predicted molar refractivity (Wildman–Crippen MR) is 89.3 cm³/mol. The van der Waals surface area contributed by atoms with Crippen LogP contribution in [-0.4, -0.2) is 68.6 Å². The first kappa shape index (κ1) is 16.8. The number of nitro groups is 1. The SMILES string of the molecule is CCN1CCN(c2nn(-c3ccccc3[N+](=O)[O-])nc2C(=O)O)CC1. The van der Waals surface area contributed by atoms with Gasteiger partial charge in [0.25, 0.3) is 5.69 Å². The number of aromatic carboxylic acids is 1. The van der Waals surface area contributed by atoms with Gasteiger partial charge in [-0.2, -0.15) is 0 Å². The lowest BCUT2D eigenvalue weighted by Crippen LogP contribution is -2.46. The summed E-state index contributed by atoms with van der Waals surface area (Å²) >= 11 is 0. The Morgan fingerprint density at radius 1 is 1.24 bits per heavy atom. The molecule has 2 aromatic rings. The van der Waals surface area contributed by atoms with Gasteiger partial charge in [-0.05, 0) is 12.6 Å². The quantitative estimate of drug-likeness (QED) is 0.630. The van der Waals surface area contributed by atoms with Crippen LogP contribution in [0.2, 0.25) is 0 Å². The van der Waals surface area contributed by atoms with Crippen LogP contribution in [0.5, 0.6) is 0 Å². The molecule has 0 saturated carbocycles. The predicted octanol–water partition coefficient (Wildman–Crippen LogP) is 1.02. The van der Waals surface area contributed by atoms with Crippen molar-refractivity contribution in [2.45, 2.75) is 6.92 Å². The topological polar surface area (TPSA) is 118 Å². The van der Waals surface area contributed by atoms with Gasteiger partial charge in [0.2, 0.25) is 5.69 Å². The Balaban J connectivity index is 1.99. The van der Waals surface area contributed by atoms with Crippen LogP contribution in [0.3, 0.4) is 0 Å². The monoisotopic (exact) mass is 346 g/mol. The van der Waals surface area contributed by atoms with Crippen LogP contribution in [0.15, 0.2) is 24.3 Å². The fraction of sp³-hybridized carbons (Fsp3) is 0.400. The Kier molecular flexibility index (Phi) is 4.61. The number of rotatable bonds is 5. The number of nitro benzene ring substituents is 1. The number of carbonyl (C=O) groups is 1. The van der Waals surface area contributed by atoms with Gasteiger partial charge < -0.3 is 14.9 Å². The van der Waals surface area contributed by atoms with Crippen molar-refractivity contribution >= 4 is 17.5 Å². The highest BCUT2D eigenvalue weighted by Crippen LogP contribution is 2.24. The molecule has 0 unspecified atom stereocenters. The normalized spacial score (nSPS) is 15.3. The van der Waals surface area contributed by atoms with Gasteiger partial charge in [0.1, 0.15) is 0 Å². The Morgan fingerprint density at radius 3 is 2.52 bits per heavy atom. The number of nitrogens with zero attached hydrogens (tertiary/aromatic N) is 6. The Labute approximate surface area is 143 Å². The lowest BCUT2D eigenvalue weighted by atomic mass is 10.3. The van der Waals surface area contributed by atoms with E-state index < -0.39 is 10.9 Å². The molecule has 1 aliphatic heterocycles. The molecule has 2 heterocycles. The minimum Gasteiger partial charge on any atom is -0.476 e. The second-order valence-corrected chi connectivity index (χ2v) is 5.63. The zero-order valence-electron chi connectivity index (χ0n) is 13.7. The molecule has 1 fully saturated rings. The second kappa shape index (κ2) is 6.85. The lowest BCUT2D eigenvalue weighted by Gasteiger charge is -2.34. The molecule has 10 heteroatoms. The van der Waals surface area contributed by atoms with E-state index in [2.05, 4.69) is 22.0 Å². The smallest absolute Gasteiger partial charge is 0.360 e. The lowest BCUT2D eigenvalue weighted by molar-refractivity contribution is -0.384. The molecule has 0 radical (unpaired) electrons. The fourth-order valence-corrected chi connectivity index (χ4v) is 2.82. The summed E-state index contributed by atoms with van der Waals surface area (Å²) in [5, 5.41) is 28.9. The van der Waals surface area contributed by atoms with Crippen LogP contribution in [-0.2, 0) is 0 Å². The number of anilines is 1. The maximum absolute atomic E-state index is 11.6. The number of piperazine rings is 1. The largest absolute Gasteiger partial charge is 0.476 e. The van der Waals surface area contributed by atoms with E-state index in [0.29, 0.717) is 13.1 Å². The molecule has 0 atom stereocenters. The minimum absolute atomic E-state index is 0.133. The van der Waals surface area contributed by atoms with Crippen molar-refractivity contribution in [3.05, 3.63) is 40.1 Å². The third-order valence-electron chi connectivity index (χ3n) is 4.21. The van der Waals surface area contributed by atoms with E-state index in [1.54, 1.807) is 6.07 Å². The van der Waals surface area contributed by atoms with Crippen molar-refractivity contribution in [1.29, 1.82) is 0 Å². The van der Waals surface area contributed by atoms with Gasteiger partial charge in [-0.1, -0.05) is 19.1 Å². The van der Waals surface area contributed by atoms with E-state index in [1.807, 2.05) is 4.90 Å². The van der Waals surface area contributed by atoms with Crippen LogP contribution in [0, 0.1) is 10.1 Å². The van der Waals surface area contributed by atoms with Crippen molar-refractivity contribution in [3.8, 4) is 5.69 Å². The Hall–Kier alpha value is -3.01. The van der Waals surface area contributed by atoms with E-state index in [9.17, 15) is 20.0 Å².